The summed E-state index contributed by atoms with van der Waals surface area (Å²) in [6.07, 6.45) is 2.48. The van der Waals surface area contributed by atoms with E-state index in [1.54, 1.807) is 37.4 Å². The summed E-state index contributed by atoms with van der Waals surface area (Å²) < 4.78 is 37.0. The Kier molecular flexibility index (Phi) is 7.24. The van der Waals surface area contributed by atoms with Crippen molar-refractivity contribution >= 4 is 27.6 Å². The molecule has 1 aliphatic rings. The molecular weight excluding hydrogens is 422 g/mol. The molecule has 31 heavy (non-hydrogen) atoms. The number of anilines is 1. The largest absolute Gasteiger partial charge is 0.497 e. The smallest absolute Gasteiger partial charge is 0.309 e. The quantitative estimate of drug-likeness (QED) is 0.646. The van der Waals surface area contributed by atoms with Gasteiger partial charge in [0.05, 0.1) is 13.0 Å². The van der Waals surface area contributed by atoms with Gasteiger partial charge in [-0.3, -0.25) is 14.6 Å². The Bertz CT molecular complexity index is 1000. The van der Waals surface area contributed by atoms with Gasteiger partial charge >= 0.3 is 5.97 Å². The van der Waals surface area contributed by atoms with Gasteiger partial charge in [-0.05, 0) is 56.2 Å². The van der Waals surface area contributed by atoms with Crippen molar-refractivity contribution in [3.05, 3.63) is 48.8 Å². The monoisotopic (exact) mass is 447 g/mol. The van der Waals surface area contributed by atoms with E-state index in [2.05, 4.69) is 10.3 Å². The van der Waals surface area contributed by atoms with E-state index in [1.165, 1.54) is 29.7 Å². The molecule has 1 atom stereocenters. The van der Waals surface area contributed by atoms with Crippen LogP contribution < -0.4 is 10.1 Å². The molecule has 1 amide bonds. The first kappa shape index (κ1) is 22.7. The Labute approximate surface area is 181 Å². The summed E-state index contributed by atoms with van der Waals surface area (Å²) in [5.74, 6) is -0.753. The normalized spacial score (nSPS) is 16.3. The maximum Gasteiger partial charge on any atom is 0.309 e. The lowest BCUT2D eigenvalue weighted by Crippen LogP contribution is -2.41. The SMILES string of the molecule is COc1ccc(NC(=O)C(C)OC(=O)C2CCN(S(=O)(=O)c3cccnc3)CC2)cc1. The number of hydrogen-bond donors (Lipinski definition) is 1. The van der Waals surface area contributed by atoms with Gasteiger partial charge in [0.2, 0.25) is 10.0 Å². The Balaban J connectivity index is 1.50. The number of piperidine rings is 1. The number of carbonyl (C=O) groups is 2. The van der Waals surface area contributed by atoms with Gasteiger partial charge in [-0.25, -0.2) is 8.42 Å². The second-order valence-electron chi connectivity index (χ2n) is 7.16. The average Bonchev–Trinajstić information content (AvgIpc) is 2.80. The standard InChI is InChI=1S/C21H25N3O6S/c1-15(20(25)23-17-5-7-18(29-2)8-6-17)30-21(26)16-9-12-24(13-10-16)31(27,28)19-4-3-11-22-14-19/h3-8,11,14-16H,9-10,12-13H2,1-2H3,(H,23,25). The van der Waals surface area contributed by atoms with E-state index in [9.17, 15) is 18.0 Å². The number of nitrogens with zero attached hydrogens (tertiary/aromatic N) is 2. The van der Waals surface area contributed by atoms with Crippen molar-refractivity contribution in [3.8, 4) is 5.75 Å². The van der Waals surface area contributed by atoms with Crippen LogP contribution in [0.4, 0.5) is 5.69 Å². The van der Waals surface area contributed by atoms with E-state index in [1.807, 2.05) is 0 Å². The van der Waals surface area contributed by atoms with Crippen LogP contribution in [-0.4, -0.2) is 55.9 Å². The number of aromatic nitrogens is 1. The molecule has 10 heteroatoms. The minimum atomic E-state index is -3.64. The fourth-order valence-corrected chi connectivity index (χ4v) is 4.66. The predicted molar refractivity (Wildman–Crippen MR) is 113 cm³/mol. The maximum atomic E-state index is 12.7. The molecule has 166 valence electrons. The lowest BCUT2D eigenvalue weighted by molar-refractivity contribution is -0.158. The minimum absolute atomic E-state index is 0.125. The topological polar surface area (TPSA) is 115 Å². The Morgan fingerprint density at radius 1 is 1.16 bits per heavy atom. The number of methoxy groups -OCH3 is 1. The van der Waals surface area contributed by atoms with Crippen molar-refractivity contribution in [2.75, 3.05) is 25.5 Å². The molecule has 9 nitrogen and oxygen atoms in total. The van der Waals surface area contributed by atoms with E-state index >= 15 is 0 Å². The number of nitrogens with one attached hydrogen (secondary N) is 1. The van der Waals surface area contributed by atoms with E-state index in [0.29, 0.717) is 24.3 Å². The Morgan fingerprint density at radius 3 is 2.42 bits per heavy atom. The molecular formula is C21H25N3O6S. The lowest BCUT2D eigenvalue weighted by atomic mass is 9.98. The second-order valence-corrected chi connectivity index (χ2v) is 9.10. The molecule has 2 heterocycles. The second kappa shape index (κ2) is 9.88. The van der Waals surface area contributed by atoms with E-state index in [4.69, 9.17) is 9.47 Å². The Hall–Kier alpha value is -2.98. The van der Waals surface area contributed by atoms with Gasteiger partial charge < -0.3 is 14.8 Å². The molecule has 0 aliphatic carbocycles. The number of ether oxygens (including phenoxy) is 2. The first-order valence-corrected chi connectivity index (χ1v) is 11.3. The number of hydrogen-bond acceptors (Lipinski definition) is 7. The summed E-state index contributed by atoms with van der Waals surface area (Å²) in [5.41, 5.74) is 0.558. The summed E-state index contributed by atoms with van der Waals surface area (Å²) in [5, 5.41) is 2.68. The van der Waals surface area contributed by atoms with Crippen molar-refractivity contribution in [2.45, 2.75) is 30.8 Å². The Morgan fingerprint density at radius 2 is 1.84 bits per heavy atom. The molecule has 1 unspecified atom stereocenters. The fourth-order valence-electron chi connectivity index (χ4n) is 3.22. The van der Waals surface area contributed by atoms with Crippen molar-refractivity contribution in [2.24, 2.45) is 5.92 Å². The third kappa shape index (κ3) is 5.59. The first-order valence-electron chi connectivity index (χ1n) is 9.87. The van der Waals surface area contributed by atoms with Gasteiger partial charge in [0, 0.05) is 31.2 Å². The number of benzene rings is 1. The van der Waals surface area contributed by atoms with Crippen LogP contribution in [0, 0.1) is 5.92 Å². The molecule has 3 rings (SSSR count). The molecule has 0 saturated carbocycles. The summed E-state index contributed by atoms with van der Waals surface area (Å²) >= 11 is 0. The highest BCUT2D eigenvalue weighted by molar-refractivity contribution is 7.89. The van der Waals surface area contributed by atoms with Crippen LogP contribution in [0.5, 0.6) is 5.75 Å². The molecule has 0 spiro atoms. The lowest BCUT2D eigenvalue weighted by Gasteiger charge is -2.30. The zero-order valence-electron chi connectivity index (χ0n) is 17.4. The van der Waals surface area contributed by atoms with Gasteiger partial charge in [-0.15, -0.1) is 0 Å². The summed E-state index contributed by atoms with van der Waals surface area (Å²) in [7, 11) is -2.09. The fraction of sp³-hybridized carbons (Fsp3) is 0.381. The van der Waals surface area contributed by atoms with Crippen LogP contribution in [0.2, 0.25) is 0 Å². The molecule has 0 bridgehead atoms. The zero-order chi connectivity index (χ0) is 22.4. The van der Waals surface area contributed by atoms with E-state index in [0.717, 1.165) is 0 Å². The van der Waals surface area contributed by atoms with Gasteiger partial charge in [0.25, 0.3) is 5.91 Å². The predicted octanol–water partition coefficient (Wildman–Crippen LogP) is 2.06. The van der Waals surface area contributed by atoms with E-state index < -0.39 is 33.9 Å². The molecule has 2 aromatic rings. The molecule has 0 radical (unpaired) electrons. The molecule has 1 aliphatic heterocycles. The molecule has 1 aromatic heterocycles. The van der Waals surface area contributed by atoms with Gasteiger partial charge in [-0.2, -0.15) is 4.31 Å². The number of amides is 1. The third-order valence-corrected chi connectivity index (χ3v) is 6.96. The number of rotatable bonds is 7. The highest BCUT2D eigenvalue weighted by atomic mass is 32.2. The van der Waals surface area contributed by atoms with Crippen LogP contribution in [-0.2, 0) is 24.3 Å². The number of sulfonamides is 1. The first-order chi connectivity index (χ1) is 14.8. The van der Waals surface area contributed by atoms with Gasteiger partial charge in [0.15, 0.2) is 6.10 Å². The number of carbonyl (C=O) groups excluding carboxylic acids is 2. The van der Waals surface area contributed by atoms with Gasteiger partial charge in [-0.1, -0.05) is 0 Å². The van der Waals surface area contributed by atoms with Crippen LogP contribution in [0.3, 0.4) is 0 Å². The minimum Gasteiger partial charge on any atom is -0.497 e. The highest BCUT2D eigenvalue weighted by Crippen LogP contribution is 2.25. The molecule has 1 aromatic carbocycles. The van der Waals surface area contributed by atoms with E-state index in [-0.39, 0.29) is 18.0 Å². The number of esters is 1. The molecule has 1 saturated heterocycles. The van der Waals surface area contributed by atoms with Crippen LogP contribution in [0.15, 0.2) is 53.7 Å². The maximum absolute atomic E-state index is 12.7. The van der Waals surface area contributed by atoms with Crippen molar-refractivity contribution < 1.29 is 27.5 Å². The van der Waals surface area contributed by atoms with Crippen molar-refractivity contribution in [1.82, 2.24) is 9.29 Å². The third-order valence-electron chi connectivity index (χ3n) is 5.08. The van der Waals surface area contributed by atoms with Crippen molar-refractivity contribution in [1.29, 1.82) is 0 Å². The molecule has 1 N–H and O–H groups in total. The summed E-state index contributed by atoms with van der Waals surface area (Å²) in [4.78, 5) is 28.8. The van der Waals surface area contributed by atoms with Crippen molar-refractivity contribution in [3.63, 3.8) is 0 Å². The number of pyridine rings is 1. The van der Waals surface area contributed by atoms with Crippen LogP contribution >= 0.6 is 0 Å². The molecule has 1 fully saturated rings. The highest BCUT2D eigenvalue weighted by Gasteiger charge is 2.34. The summed E-state index contributed by atoms with van der Waals surface area (Å²) in [6, 6.07) is 9.84. The van der Waals surface area contributed by atoms with Crippen LogP contribution in [0.25, 0.3) is 0 Å². The van der Waals surface area contributed by atoms with Crippen LogP contribution in [0.1, 0.15) is 19.8 Å². The average molecular weight is 448 g/mol. The van der Waals surface area contributed by atoms with Gasteiger partial charge in [0.1, 0.15) is 10.6 Å². The summed E-state index contributed by atoms with van der Waals surface area (Å²) in [6.45, 7) is 1.89. The zero-order valence-corrected chi connectivity index (χ0v) is 18.2.